The second-order valence-electron chi connectivity index (χ2n) is 7.95. The maximum Gasteiger partial charge on any atom is 0.251 e. The number of carbonyl (C=O) groups is 3. The average molecular weight is 491 g/mol. The highest BCUT2D eigenvalue weighted by Gasteiger charge is 2.43. The molecule has 0 unspecified atom stereocenters. The van der Waals surface area contributed by atoms with Gasteiger partial charge in [0.05, 0.1) is 47.5 Å². The highest BCUT2D eigenvalue weighted by Crippen LogP contribution is 2.32. The van der Waals surface area contributed by atoms with E-state index in [1.54, 1.807) is 36.4 Å². The van der Waals surface area contributed by atoms with Gasteiger partial charge in [-0.3, -0.25) is 24.2 Å². The van der Waals surface area contributed by atoms with Crippen molar-refractivity contribution in [2.45, 2.75) is 12.5 Å². The molecule has 10 heteroatoms. The van der Waals surface area contributed by atoms with Gasteiger partial charge in [-0.25, -0.2) is 4.90 Å². The number of nitrogens with zero attached hydrogens (tertiary/aromatic N) is 3. The number of para-hydroxylation sites is 1. The van der Waals surface area contributed by atoms with E-state index in [4.69, 9.17) is 27.9 Å². The van der Waals surface area contributed by atoms with Crippen molar-refractivity contribution >= 4 is 52.3 Å². The number of hydrogen-bond donors (Lipinski definition) is 1. The third kappa shape index (κ3) is 5.14. The average Bonchev–Trinajstić information content (AvgIpc) is 3.09. The van der Waals surface area contributed by atoms with E-state index in [0.717, 1.165) is 0 Å². The van der Waals surface area contributed by atoms with E-state index in [1.165, 1.54) is 12.0 Å². The Bertz CT molecular complexity index is 1070. The zero-order valence-corrected chi connectivity index (χ0v) is 19.6. The molecule has 0 radical (unpaired) electrons. The SMILES string of the molecule is COc1ccc(N2C(=O)C[C@@H](N3CCN(CC(=O)Nc4ccccc4Cl)CC3)C2=O)cc1Cl. The van der Waals surface area contributed by atoms with Gasteiger partial charge in [0.25, 0.3) is 5.91 Å². The van der Waals surface area contributed by atoms with Crippen molar-refractivity contribution < 1.29 is 19.1 Å². The third-order valence-electron chi connectivity index (χ3n) is 5.88. The van der Waals surface area contributed by atoms with Crippen LogP contribution in [0.3, 0.4) is 0 Å². The van der Waals surface area contributed by atoms with Crippen LogP contribution in [-0.2, 0) is 14.4 Å². The van der Waals surface area contributed by atoms with Crippen LogP contribution in [0.5, 0.6) is 5.75 Å². The number of piperazine rings is 1. The van der Waals surface area contributed by atoms with Crippen molar-refractivity contribution in [2.24, 2.45) is 0 Å². The minimum absolute atomic E-state index is 0.121. The minimum Gasteiger partial charge on any atom is -0.495 e. The summed E-state index contributed by atoms with van der Waals surface area (Å²) in [6.07, 6.45) is 0.121. The maximum absolute atomic E-state index is 13.1. The van der Waals surface area contributed by atoms with Gasteiger partial charge in [-0.2, -0.15) is 0 Å². The van der Waals surface area contributed by atoms with Gasteiger partial charge < -0.3 is 10.1 Å². The number of methoxy groups -OCH3 is 1. The van der Waals surface area contributed by atoms with Gasteiger partial charge in [0.2, 0.25) is 11.8 Å². The quantitative estimate of drug-likeness (QED) is 0.626. The molecule has 0 bridgehead atoms. The molecule has 2 aromatic carbocycles. The van der Waals surface area contributed by atoms with Crippen LogP contribution in [-0.4, -0.2) is 73.4 Å². The predicted octanol–water partition coefficient (Wildman–Crippen LogP) is 2.89. The summed E-state index contributed by atoms with van der Waals surface area (Å²) in [4.78, 5) is 43.3. The standard InChI is InChI=1S/C23H24Cl2N4O4/c1-33-20-7-6-15(12-17(20)25)29-22(31)13-19(23(29)32)28-10-8-27(9-11-28)14-21(30)26-18-5-3-2-4-16(18)24/h2-7,12,19H,8-11,13-14H2,1H3,(H,26,30)/t19-/m1/s1. The van der Waals surface area contributed by atoms with E-state index in [2.05, 4.69) is 5.32 Å². The smallest absolute Gasteiger partial charge is 0.251 e. The van der Waals surface area contributed by atoms with Crippen molar-refractivity contribution in [3.8, 4) is 5.75 Å². The molecule has 2 heterocycles. The maximum atomic E-state index is 13.1. The normalized spacial score (nSPS) is 19.7. The lowest BCUT2D eigenvalue weighted by atomic mass is 10.1. The Morgan fingerprint density at radius 3 is 2.45 bits per heavy atom. The highest BCUT2D eigenvalue weighted by atomic mass is 35.5. The summed E-state index contributed by atoms with van der Waals surface area (Å²) >= 11 is 12.3. The van der Waals surface area contributed by atoms with Crippen LogP contribution in [0.1, 0.15) is 6.42 Å². The second kappa shape index (κ2) is 10.1. The summed E-state index contributed by atoms with van der Waals surface area (Å²) in [5.74, 6) is -0.184. The molecule has 3 amide bonds. The van der Waals surface area contributed by atoms with Crippen LogP contribution in [0.2, 0.25) is 10.0 Å². The molecule has 0 aromatic heterocycles. The second-order valence-corrected chi connectivity index (χ2v) is 8.76. The summed E-state index contributed by atoms with van der Waals surface area (Å²) < 4.78 is 5.14. The summed E-state index contributed by atoms with van der Waals surface area (Å²) in [6, 6.07) is 11.4. The molecule has 8 nitrogen and oxygen atoms in total. The zero-order valence-electron chi connectivity index (χ0n) is 18.1. The number of hydrogen-bond acceptors (Lipinski definition) is 6. The van der Waals surface area contributed by atoms with Crippen LogP contribution in [0.25, 0.3) is 0 Å². The number of benzene rings is 2. The zero-order chi connectivity index (χ0) is 23.5. The Labute approximate surface area is 202 Å². The van der Waals surface area contributed by atoms with Crippen LogP contribution < -0.4 is 15.0 Å². The van der Waals surface area contributed by atoms with Gasteiger partial charge in [-0.1, -0.05) is 35.3 Å². The Morgan fingerprint density at radius 1 is 1.06 bits per heavy atom. The largest absolute Gasteiger partial charge is 0.495 e. The first kappa shape index (κ1) is 23.5. The molecule has 0 aliphatic carbocycles. The summed E-state index contributed by atoms with van der Waals surface area (Å²) in [5.41, 5.74) is 1.02. The molecule has 174 valence electrons. The Balaban J connectivity index is 1.33. The number of nitrogens with one attached hydrogen (secondary N) is 1. The number of imide groups is 1. The monoisotopic (exact) mass is 490 g/mol. The molecular formula is C23H24Cl2N4O4. The fourth-order valence-electron chi connectivity index (χ4n) is 4.16. The lowest BCUT2D eigenvalue weighted by Crippen LogP contribution is -2.53. The first-order chi connectivity index (χ1) is 15.9. The molecule has 4 rings (SSSR count). The lowest BCUT2D eigenvalue weighted by molar-refractivity contribution is -0.124. The van der Waals surface area contributed by atoms with Crippen molar-refractivity contribution in [2.75, 3.05) is 50.1 Å². The van der Waals surface area contributed by atoms with Gasteiger partial charge in [0.15, 0.2) is 0 Å². The van der Waals surface area contributed by atoms with E-state index >= 15 is 0 Å². The van der Waals surface area contributed by atoms with Gasteiger partial charge in [0, 0.05) is 26.2 Å². The fraction of sp³-hybridized carbons (Fsp3) is 0.348. The number of amides is 3. The van der Waals surface area contributed by atoms with Gasteiger partial charge in [0.1, 0.15) is 5.75 Å². The van der Waals surface area contributed by atoms with Gasteiger partial charge >= 0.3 is 0 Å². The molecule has 2 saturated heterocycles. The minimum atomic E-state index is -0.516. The highest BCUT2D eigenvalue weighted by molar-refractivity contribution is 6.33. The number of anilines is 2. The van der Waals surface area contributed by atoms with E-state index in [0.29, 0.717) is 53.3 Å². The predicted molar refractivity (Wildman–Crippen MR) is 127 cm³/mol. The summed E-state index contributed by atoms with van der Waals surface area (Å²) in [6.45, 7) is 2.62. The molecule has 0 spiro atoms. The van der Waals surface area contributed by atoms with Gasteiger partial charge in [-0.05, 0) is 30.3 Å². The van der Waals surface area contributed by atoms with E-state index in [9.17, 15) is 14.4 Å². The third-order valence-corrected chi connectivity index (χ3v) is 6.50. The van der Waals surface area contributed by atoms with E-state index in [-0.39, 0.29) is 30.7 Å². The summed E-state index contributed by atoms with van der Waals surface area (Å²) in [5, 5.41) is 3.65. The molecular weight excluding hydrogens is 467 g/mol. The van der Waals surface area contributed by atoms with Crippen molar-refractivity contribution in [3.05, 3.63) is 52.5 Å². The first-order valence-electron chi connectivity index (χ1n) is 10.6. The van der Waals surface area contributed by atoms with Crippen molar-refractivity contribution in [1.29, 1.82) is 0 Å². The molecule has 2 aliphatic rings. The van der Waals surface area contributed by atoms with Crippen LogP contribution in [0, 0.1) is 0 Å². The Hall–Kier alpha value is -2.65. The Kier molecular flexibility index (Phi) is 7.19. The number of carbonyl (C=O) groups excluding carboxylic acids is 3. The molecule has 0 saturated carbocycles. The fourth-order valence-corrected chi connectivity index (χ4v) is 4.59. The lowest BCUT2D eigenvalue weighted by Gasteiger charge is -2.36. The molecule has 2 fully saturated rings. The van der Waals surface area contributed by atoms with Crippen LogP contribution in [0.15, 0.2) is 42.5 Å². The van der Waals surface area contributed by atoms with Crippen molar-refractivity contribution in [1.82, 2.24) is 9.80 Å². The van der Waals surface area contributed by atoms with Gasteiger partial charge in [-0.15, -0.1) is 0 Å². The molecule has 33 heavy (non-hydrogen) atoms. The molecule has 1 atom stereocenters. The number of halogens is 2. The molecule has 1 N–H and O–H groups in total. The summed E-state index contributed by atoms with van der Waals surface area (Å²) in [7, 11) is 1.50. The first-order valence-corrected chi connectivity index (χ1v) is 11.3. The van der Waals surface area contributed by atoms with Crippen molar-refractivity contribution in [3.63, 3.8) is 0 Å². The van der Waals surface area contributed by atoms with Crippen LogP contribution >= 0.6 is 23.2 Å². The molecule has 2 aromatic rings. The number of ether oxygens (including phenoxy) is 1. The number of rotatable bonds is 6. The van der Waals surface area contributed by atoms with E-state index in [1.807, 2.05) is 15.9 Å². The molecule has 2 aliphatic heterocycles. The topological polar surface area (TPSA) is 82.2 Å². The Morgan fingerprint density at radius 2 is 1.79 bits per heavy atom. The van der Waals surface area contributed by atoms with E-state index < -0.39 is 6.04 Å². The van der Waals surface area contributed by atoms with Crippen LogP contribution in [0.4, 0.5) is 11.4 Å².